The maximum absolute atomic E-state index is 10.0. The van der Waals surface area contributed by atoms with E-state index in [4.69, 9.17) is 0 Å². The van der Waals surface area contributed by atoms with E-state index >= 15 is 0 Å². The molecule has 20 heavy (non-hydrogen) atoms. The van der Waals surface area contributed by atoms with Crippen LogP contribution < -0.4 is 4.90 Å². The molecule has 0 radical (unpaired) electrons. The summed E-state index contributed by atoms with van der Waals surface area (Å²) in [6, 6.07) is 4.52. The lowest BCUT2D eigenvalue weighted by Crippen LogP contribution is -2.36. The Morgan fingerprint density at radius 3 is 2.60 bits per heavy atom. The fourth-order valence-corrected chi connectivity index (χ4v) is 3.05. The average Bonchev–Trinajstić information content (AvgIpc) is 2.93. The van der Waals surface area contributed by atoms with Crippen LogP contribution >= 0.6 is 0 Å². The zero-order valence-corrected chi connectivity index (χ0v) is 13.0. The number of pyridine rings is 1. The number of nitrogens with zero attached hydrogens (tertiary/aromatic N) is 2. The first-order valence-electron chi connectivity index (χ1n) is 7.99. The van der Waals surface area contributed by atoms with E-state index in [2.05, 4.69) is 23.7 Å². The van der Waals surface area contributed by atoms with E-state index < -0.39 is 6.10 Å². The Morgan fingerprint density at radius 2 is 2.00 bits per heavy atom. The van der Waals surface area contributed by atoms with E-state index in [-0.39, 0.29) is 0 Å². The van der Waals surface area contributed by atoms with Crippen LogP contribution in [-0.4, -0.2) is 22.7 Å². The molecule has 1 saturated carbocycles. The van der Waals surface area contributed by atoms with Gasteiger partial charge >= 0.3 is 0 Å². The summed E-state index contributed by atoms with van der Waals surface area (Å²) in [7, 11) is 0. The van der Waals surface area contributed by atoms with Gasteiger partial charge in [0.25, 0.3) is 0 Å². The second kappa shape index (κ2) is 7.07. The minimum absolute atomic E-state index is 0.457. The van der Waals surface area contributed by atoms with Crippen LogP contribution in [0.1, 0.15) is 64.5 Å². The van der Waals surface area contributed by atoms with Crippen molar-refractivity contribution in [3.63, 3.8) is 0 Å². The van der Waals surface area contributed by atoms with Crippen molar-refractivity contribution in [3.05, 3.63) is 23.9 Å². The van der Waals surface area contributed by atoms with E-state index in [1.165, 1.54) is 32.1 Å². The summed E-state index contributed by atoms with van der Waals surface area (Å²) in [4.78, 5) is 7.04. The van der Waals surface area contributed by atoms with Crippen LogP contribution in [0.3, 0.4) is 0 Å². The highest BCUT2D eigenvalue weighted by atomic mass is 16.3. The van der Waals surface area contributed by atoms with Gasteiger partial charge in [0, 0.05) is 24.3 Å². The number of aliphatic hydroxyl groups is 1. The molecule has 0 spiro atoms. The van der Waals surface area contributed by atoms with Crippen molar-refractivity contribution in [2.24, 2.45) is 5.92 Å². The predicted molar refractivity (Wildman–Crippen MR) is 83.9 cm³/mol. The number of anilines is 1. The molecule has 2 rings (SSSR count). The molecule has 3 nitrogen and oxygen atoms in total. The molecule has 1 aromatic rings. The summed E-state index contributed by atoms with van der Waals surface area (Å²) >= 11 is 0. The van der Waals surface area contributed by atoms with Gasteiger partial charge in [0.15, 0.2) is 0 Å². The number of hydrogen-bond acceptors (Lipinski definition) is 3. The van der Waals surface area contributed by atoms with Crippen molar-refractivity contribution < 1.29 is 5.11 Å². The van der Waals surface area contributed by atoms with Gasteiger partial charge in [0.2, 0.25) is 0 Å². The summed E-state index contributed by atoms with van der Waals surface area (Å²) in [6.45, 7) is 7.40. The minimum atomic E-state index is -0.457. The molecular weight excluding hydrogens is 248 g/mol. The van der Waals surface area contributed by atoms with E-state index in [9.17, 15) is 5.11 Å². The molecule has 1 heterocycles. The van der Waals surface area contributed by atoms with Gasteiger partial charge in [-0.3, -0.25) is 0 Å². The Hall–Kier alpha value is -1.09. The number of aliphatic hydroxyl groups excluding tert-OH is 1. The van der Waals surface area contributed by atoms with Crippen molar-refractivity contribution in [3.8, 4) is 0 Å². The summed E-state index contributed by atoms with van der Waals surface area (Å²) < 4.78 is 0. The zero-order chi connectivity index (χ0) is 14.5. The van der Waals surface area contributed by atoms with Crippen LogP contribution in [0, 0.1) is 5.92 Å². The maximum atomic E-state index is 10.0. The largest absolute Gasteiger partial charge is 0.389 e. The van der Waals surface area contributed by atoms with Crippen LogP contribution in [-0.2, 0) is 0 Å². The van der Waals surface area contributed by atoms with Gasteiger partial charge in [-0.05, 0) is 38.2 Å². The van der Waals surface area contributed by atoms with Gasteiger partial charge in [0.1, 0.15) is 5.82 Å². The van der Waals surface area contributed by atoms with Crippen molar-refractivity contribution in [2.45, 2.75) is 65.0 Å². The fourth-order valence-electron chi connectivity index (χ4n) is 3.05. The van der Waals surface area contributed by atoms with Gasteiger partial charge < -0.3 is 10.0 Å². The van der Waals surface area contributed by atoms with Crippen molar-refractivity contribution in [2.75, 3.05) is 11.4 Å². The Kier molecular flexibility index (Phi) is 5.41. The standard InChI is InChI=1S/C17H28N2O/c1-13(2)10-12-19(15-7-4-5-8-15)17-16(14(3)20)9-6-11-18-17/h6,9,11,13-15,20H,4-5,7-8,10,12H2,1-3H3. The number of hydrogen-bond donors (Lipinski definition) is 1. The van der Waals surface area contributed by atoms with Crippen molar-refractivity contribution >= 4 is 5.82 Å². The summed E-state index contributed by atoms with van der Waals surface area (Å²) in [5, 5.41) is 10.0. The molecule has 1 fully saturated rings. The Labute approximate surface area is 123 Å². The van der Waals surface area contributed by atoms with Crippen LogP contribution in [0.5, 0.6) is 0 Å². The molecule has 0 aromatic carbocycles. The summed E-state index contributed by atoms with van der Waals surface area (Å²) in [5.74, 6) is 1.69. The Morgan fingerprint density at radius 1 is 1.30 bits per heavy atom. The van der Waals surface area contributed by atoms with E-state index in [1.54, 1.807) is 0 Å². The molecule has 1 atom stereocenters. The van der Waals surface area contributed by atoms with Crippen molar-refractivity contribution in [1.29, 1.82) is 0 Å². The number of aromatic nitrogens is 1. The summed E-state index contributed by atoms with van der Waals surface area (Å²) in [6.07, 6.45) is 7.72. The zero-order valence-electron chi connectivity index (χ0n) is 13.0. The quantitative estimate of drug-likeness (QED) is 0.855. The fraction of sp³-hybridized carbons (Fsp3) is 0.706. The minimum Gasteiger partial charge on any atom is -0.389 e. The number of rotatable bonds is 6. The highest BCUT2D eigenvalue weighted by Crippen LogP contribution is 2.31. The van der Waals surface area contributed by atoms with Gasteiger partial charge in [-0.15, -0.1) is 0 Å². The Bertz CT molecular complexity index is 411. The molecule has 112 valence electrons. The van der Waals surface area contributed by atoms with E-state index in [0.29, 0.717) is 12.0 Å². The molecule has 0 bridgehead atoms. The first-order valence-corrected chi connectivity index (χ1v) is 7.99. The second-order valence-corrected chi connectivity index (χ2v) is 6.41. The topological polar surface area (TPSA) is 36.4 Å². The van der Waals surface area contributed by atoms with Gasteiger partial charge in [0.05, 0.1) is 6.10 Å². The van der Waals surface area contributed by atoms with E-state index in [0.717, 1.165) is 17.9 Å². The molecule has 0 saturated heterocycles. The van der Waals surface area contributed by atoms with Crippen LogP contribution in [0.4, 0.5) is 5.82 Å². The second-order valence-electron chi connectivity index (χ2n) is 6.41. The van der Waals surface area contributed by atoms with E-state index in [1.807, 2.05) is 25.3 Å². The first kappa shape index (κ1) is 15.3. The van der Waals surface area contributed by atoms with Gasteiger partial charge in [-0.2, -0.15) is 0 Å². The van der Waals surface area contributed by atoms with Gasteiger partial charge in [-0.25, -0.2) is 4.98 Å². The van der Waals surface area contributed by atoms with Crippen LogP contribution in [0.15, 0.2) is 18.3 Å². The maximum Gasteiger partial charge on any atom is 0.134 e. The lowest BCUT2D eigenvalue weighted by Gasteiger charge is -2.32. The molecule has 1 unspecified atom stereocenters. The van der Waals surface area contributed by atoms with Gasteiger partial charge in [-0.1, -0.05) is 32.8 Å². The normalized spacial score (nSPS) is 17.6. The third kappa shape index (κ3) is 3.72. The summed E-state index contributed by atoms with van der Waals surface area (Å²) in [5.41, 5.74) is 0.961. The third-order valence-corrected chi connectivity index (χ3v) is 4.25. The first-order chi connectivity index (χ1) is 9.59. The van der Waals surface area contributed by atoms with Crippen LogP contribution in [0.25, 0.3) is 0 Å². The molecule has 1 aliphatic rings. The SMILES string of the molecule is CC(C)CCN(c1ncccc1C(C)O)C1CCCC1. The lowest BCUT2D eigenvalue weighted by atomic mass is 10.1. The third-order valence-electron chi connectivity index (χ3n) is 4.25. The molecule has 1 aliphatic carbocycles. The predicted octanol–water partition coefficient (Wildman–Crippen LogP) is 3.93. The molecule has 1 aromatic heterocycles. The monoisotopic (exact) mass is 276 g/mol. The highest BCUT2D eigenvalue weighted by molar-refractivity contribution is 5.49. The molecule has 0 amide bonds. The molecule has 3 heteroatoms. The highest BCUT2D eigenvalue weighted by Gasteiger charge is 2.26. The van der Waals surface area contributed by atoms with Crippen molar-refractivity contribution in [1.82, 2.24) is 4.98 Å². The van der Waals surface area contributed by atoms with Crippen LogP contribution in [0.2, 0.25) is 0 Å². The molecule has 0 aliphatic heterocycles. The average molecular weight is 276 g/mol. The lowest BCUT2D eigenvalue weighted by molar-refractivity contribution is 0.199. The molecule has 1 N–H and O–H groups in total. The Balaban J connectivity index is 2.25. The molecular formula is C17H28N2O. The smallest absolute Gasteiger partial charge is 0.134 e.